The Morgan fingerprint density at radius 1 is 1.20 bits per heavy atom. The molecule has 20 heavy (non-hydrogen) atoms. The molecule has 0 radical (unpaired) electrons. The molecule has 0 bridgehead atoms. The van der Waals surface area contributed by atoms with Crippen LogP contribution in [0.25, 0.3) is 0 Å². The largest absolute Gasteiger partial charge is 0.497 e. The molecule has 1 atom stereocenters. The number of halogens is 2. The minimum absolute atomic E-state index is 0.152. The van der Waals surface area contributed by atoms with Crippen LogP contribution in [0.2, 0.25) is 5.02 Å². The molecular weight excluding hydrogens is 277 g/mol. The third kappa shape index (κ3) is 3.23. The highest BCUT2D eigenvalue weighted by molar-refractivity contribution is 6.30. The first-order chi connectivity index (χ1) is 9.51. The van der Waals surface area contributed by atoms with E-state index < -0.39 is 0 Å². The Morgan fingerprint density at radius 2 is 1.95 bits per heavy atom. The molecule has 2 aromatic rings. The predicted molar refractivity (Wildman–Crippen MR) is 81.2 cm³/mol. The van der Waals surface area contributed by atoms with Crippen molar-refractivity contribution in [3.05, 3.63) is 58.4 Å². The van der Waals surface area contributed by atoms with E-state index in [9.17, 15) is 4.39 Å². The smallest absolute Gasteiger partial charge is 0.132 e. The Bertz CT molecular complexity index is 615. The molecule has 0 heterocycles. The molecule has 1 unspecified atom stereocenters. The second-order valence-electron chi connectivity index (χ2n) is 4.71. The van der Waals surface area contributed by atoms with Gasteiger partial charge in [0.25, 0.3) is 0 Å². The number of hydrogen-bond donors (Lipinski definition) is 1. The van der Waals surface area contributed by atoms with Crippen molar-refractivity contribution >= 4 is 17.3 Å². The summed E-state index contributed by atoms with van der Waals surface area (Å²) in [6.45, 7) is 3.88. The average Bonchev–Trinajstić information content (AvgIpc) is 2.41. The van der Waals surface area contributed by atoms with Gasteiger partial charge in [-0.05, 0) is 43.7 Å². The number of aryl methyl sites for hydroxylation is 1. The lowest BCUT2D eigenvalue weighted by atomic mass is 10.1. The summed E-state index contributed by atoms with van der Waals surface area (Å²) in [5, 5.41) is 3.98. The topological polar surface area (TPSA) is 21.3 Å². The maximum atomic E-state index is 14.0. The van der Waals surface area contributed by atoms with Crippen molar-refractivity contribution in [2.75, 3.05) is 12.4 Å². The van der Waals surface area contributed by atoms with Crippen LogP contribution in [0.5, 0.6) is 5.75 Å². The molecule has 0 saturated carbocycles. The van der Waals surface area contributed by atoms with Gasteiger partial charge < -0.3 is 10.1 Å². The van der Waals surface area contributed by atoms with Crippen molar-refractivity contribution in [2.45, 2.75) is 19.9 Å². The summed E-state index contributed by atoms with van der Waals surface area (Å²) in [7, 11) is 1.52. The van der Waals surface area contributed by atoms with Crippen molar-refractivity contribution in [3.8, 4) is 5.75 Å². The number of ether oxygens (including phenoxy) is 1. The second kappa shape index (κ2) is 6.14. The SMILES string of the molecule is COc1ccc(C(C)Nc2ccc(Cl)cc2C)c(F)c1. The van der Waals surface area contributed by atoms with E-state index in [-0.39, 0.29) is 11.9 Å². The summed E-state index contributed by atoms with van der Waals surface area (Å²) in [4.78, 5) is 0. The Morgan fingerprint density at radius 3 is 2.55 bits per heavy atom. The highest BCUT2D eigenvalue weighted by Crippen LogP contribution is 2.27. The van der Waals surface area contributed by atoms with Crippen LogP contribution < -0.4 is 10.1 Å². The lowest BCUT2D eigenvalue weighted by Crippen LogP contribution is -2.09. The van der Waals surface area contributed by atoms with Crippen molar-refractivity contribution in [2.24, 2.45) is 0 Å². The van der Waals surface area contributed by atoms with Crippen molar-refractivity contribution in [3.63, 3.8) is 0 Å². The van der Waals surface area contributed by atoms with E-state index in [2.05, 4.69) is 5.32 Å². The number of methoxy groups -OCH3 is 1. The Kier molecular flexibility index (Phi) is 4.50. The molecule has 2 rings (SSSR count). The van der Waals surface area contributed by atoms with E-state index in [4.69, 9.17) is 16.3 Å². The van der Waals surface area contributed by atoms with Crippen LogP contribution in [-0.4, -0.2) is 7.11 Å². The molecule has 0 aliphatic carbocycles. The van der Waals surface area contributed by atoms with E-state index in [1.165, 1.54) is 13.2 Å². The third-order valence-corrected chi connectivity index (χ3v) is 3.47. The second-order valence-corrected chi connectivity index (χ2v) is 5.15. The third-order valence-electron chi connectivity index (χ3n) is 3.23. The van der Waals surface area contributed by atoms with Crippen LogP contribution in [0, 0.1) is 12.7 Å². The molecular formula is C16H17ClFNO. The molecule has 0 spiro atoms. The summed E-state index contributed by atoms with van der Waals surface area (Å²) in [6.07, 6.45) is 0. The normalized spacial score (nSPS) is 12.1. The zero-order chi connectivity index (χ0) is 14.7. The predicted octanol–water partition coefficient (Wildman–Crippen LogP) is 4.97. The van der Waals surface area contributed by atoms with Gasteiger partial charge in [-0.15, -0.1) is 0 Å². The van der Waals surface area contributed by atoms with Gasteiger partial charge in [-0.1, -0.05) is 17.7 Å². The van der Waals surface area contributed by atoms with Crippen LogP contribution in [0.15, 0.2) is 36.4 Å². The van der Waals surface area contributed by atoms with Crippen molar-refractivity contribution in [1.82, 2.24) is 0 Å². The number of anilines is 1. The molecule has 0 saturated heterocycles. The minimum Gasteiger partial charge on any atom is -0.497 e. The molecule has 2 aromatic carbocycles. The Labute approximate surface area is 123 Å². The maximum absolute atomic E-state index is 14.0. The van der Waals surface area contributed by atoms with Gasteiger partial charge >= 0.3 is 0 Å². The lowest BCUT2D eigenvalue weighted by Gasteiger charge is -2.18. The zero-order valence-corrected chi connectivity index (χ0v) is 12.5. The van der Waals surface area contributed by atoms with E-state index in [0.29, 0.717) is 16.3 Å². The number of hydrogen-bond acceptors (Lipinski definition) is 2. The van der Waals surface area contributed by atoms with E-state index in [1.54, 1.807) is 12.1 Å². The van der Waals surface area contributed by atoms with Crippen LogP contribution in [-0.2, 0) is 0 Å². The quantitative estimate of drug-likeness (QED) is 0.859. The fraction of sp³-hybridized carbons (Fsp3) is 0.250. The summed E-state index contributed by atoms with van der Waals surface area (Å²) in [5.41, 5.74) is 2.57. The summed E-state index contributed by atoms with van der Waals surface area (Å²) in [6, 6.07) is 10.3. The summed E-state index contributed by atoms with van der Waals surface area (Å²) in [5.74, 6) is 0.233. The lowest BCUT2D eigenvalue weighted by molar-refractivity contribution is 0.410. The van der Waals surface area contributed by atoms with Crippen molar-refractivity contribution in [1.29, 1.82) is 0 Å². The molecule has 0 aliphatic heterocycles. The van der Waals surface area contributed by atoms with E-state index in [0.717, 1.165) is 11.3 Å². The molecule has 0 amide bonds. The van der Waals surface area contributed by atoms with Gasteiger partial charge in [0.2, 0.25) is 0 Å². The van der Waals surface area contributed by atoms with E-state index in [1.807, 2.05) is 32.0 Å². The molecule has 2 nitrogen and oxygen atoms in total. The first-order valence-electron chi connectivity index (χ1n) is 6.37. The monoisotopic (exact) mass is 293 g/mol. The fourth-order valence-corrected chi connectivity index (χ4v) is 2.31. The highest BCUT2D eigenvalue weighted by atomic mass is 35.5. The number of benzene rings is 2. The minimum atomic E-state index is -0.282. The van der Waals surface area contributed by atoms with Crippen LogP contribution >= 0.6 is 11.6 Å². The molecule has 0 aromatic heterocycles. The van der Waals surface area contributed by atoms with Crippen molar-refractivity contribution < 1.29 is 9.13 Å². The van der Waals surface area contributed by atoms with Gasteiger partial charge in [-0.3, -0.25) is 0 Å². The number of rotatable bonds is 4. The fourth-order valence-electron chi connectivity index (χ4n) is 2.09. The Hall–Kier alpha value is -1.74. The molecule has 4 heteroatoms. The molecule has 0 aliphatic rings. The average molecular weight is 294 g/mol. The first-order valence-corrected chi connectivity index (χ1v) is 6.75. The van der Waals surface area contributed by atoms with Crippen LogP contribution in [0.3, 0.4) is 0 Å². The van der Waals surface area contributed by atoms with Gasteiger partial charge in [0, 0.05) is 22.3 Å². The van der Waals surface area contributed by atoms with Gasteiger partial charge in [0.15, 0.2) is 0 Å². The van der Waals surface area contributed by atoms with Gasteiger partial charge in [0.05, 0.1) is 13.2 Å². The van der Waals surface area contributed by atoms with Gasteiger partial charge in [-0.25, -0.2) is 4.39 Å². The molecule has 1 N–H and O–H groups in total. The zero-order valence-electron chi connectivity index (χ0n) is 11.7. The Balaban J connectivity index is 2.21. The van der Waals surface area contributed by atoms with Crippen LogP contribution in [0.1, 0.15) is 24.1 Å². The molecule has 0 fully saturated rings. The highest BCUT2D eigenvalue weighted by Gasteiger charge is 2.12. The number of nitrogens with one attached hydrogen (secondary N) is 1. The van der Waals surface area contributed by atoms with Gasteiger partial charge in [0.1, 0.15) is 11.6 Å². The first kappa shape index (κ1) is 14.7. The van der Waals surface area contributed by atoms with Gasteiger partial charge in [-0.2, -0.15) is 0 Å². The standard InChI is InChI=1S/C16H17ClFNO/c1-10-8-12(17)4-7-16(10)19-11(2)14-6-5-13(20-3)9-15(14)18/h4-9,11,19H,1-3H3. The molecule has 106 valence electrons. The maximum Gasteiger partial charge on any atom is 0.132 e. The van der Waals surface area contributed by atoms with E-state index >= 15 is 0 Å². The summed E-state index contributed by atoms with van der Waals surface area (Å²) < 4.78 is 19.0. The van der Waals surface area contributed by atoms with Crippen LogP contribution in [0.4, 0.5) is 10.1 Å². The summed E-state index contributed by atoms with van der Waals surface area (Å²) >= 11 is 5.93.